The van der Waals surface area contributed by atoms with E-state index in [9.17, 15) is 8.42 Å². The summed E-state index contributed by atoms with van der Waals surface area (Å²) in [6.07, 6.45) is 2.90. The Kier molecular flexibility index (Phi) is 5.25. The van der Waals surface area contributed by atoms with E-state index in [1.54, 1.807) is 7.11 Å². The lowest BCUT2D eigenvalue weighted by Crippen LogP contribution is -2.37. The minimum atomic E-state index is -3.18. The molecule has 1 aliphatic heterocycles. The van der Waals surface area contributed by atoms with Gasteiger partial charge in [0, 0.05) is 18.3 Å². The second-order valence-corrected chi connectivity index (χ2v) is 7.18. The van der Waals surface area contributed by atoms with Crippen LogP contribution in [0.4, 0.5) is 5.69 Å². The van der Waals surface area contributed by atoms with E-state index in [0.29, 0.717) is 13.1 Å². The number of hydrogen-bond donors (Lipinski definition) is 2. The number of nitrogens with two attached hydrogens (primary N) is 1. The zero-order valence-electron chi connectivity index (χ0n) is 12.8. The van der Waals surface area contributed by atoms with Gasteiger partial charge in [-0.25, -0.2) is 8.42 Å². The fourth-order valence-corrected chi connectivity index (χ4v) is 3.67. The minimum absolute atomic E-state index is 0.105. The third-order valence-electron chi connectivity index (χ3n) is 3.58. The molecule has 0 radical (unpaired) electrons. The maximum atomic E-state index is 11.7. The van der Waals surface area contributed by atoms with E-state index in [1.165, 1.54) is 10.6 Å². The molecule has 1 aliphatic rings. The van der Waals surface area contributed by atoms with Gasteiger partial charge in [-0.2, -0.15) is 4.31 Å². The predicted molar refractivity (Wildman–Crippen MR) is 87.7 cm³/mol. The smallest absolute Gasteiger partial charge is 0.211 e. The van der Waals surface area contributed by atoms with E-state index in [-0.39, 0.29) is 12.0 Å². The van der Waals surface area contributed by atoms with Gasteiger partial charge in [0.05, 0.1) is 19.9 Å². The van der Waals surface area contributed by atoms with Crippen LogP contribution in [0, 0.1) is 0 Å². The van der Waals surface area contributed by atoms with Crippen LogP contribution in [0.25, 0.3) is 0 Å². The Bertz CT molecular complexity index is 628. The monoisotopic (exact) mass is 326 g/mol. The van der Waals surface area contributed by atoms with Gasteiger partial charge in [0.2, 0.25) is 10.0 Å². The Labute approximate surface area is 131 Å². The number of methoxy groups -OCH3 is 1. The lowest BCUT2D eigenvalue weighted by atomic mass is 10.2. The number of nitrogens with zero attached hydrogens (tertiary/aromatic N) is 2. The number of aliphatic imine (C=N–C) groups is 1. The second kappa shape index (κ2) is 6.97. The van der Waals surface area contributed by atoms with Gasteiger partial charge < -0.3 is 15.8 Å². The number of benzene rings is 1. The fraction of sp³-hybridized carbons (Fsp3) is 0.500. The van der Waals surface area contributed by atoms with Crippen molar-refractivity contribution in [1.82, 2.24) is 4.31 Å². The molecule has 1 atom stereocenters. The molecule has 122 valence electrons. The zero-order chi connectivity index (χ0) is 16.2. The second-order valence-electron chi connectivity index (χ2n) is 5.25. The molecular weight excluding hydrogens is 304 g/mol. The summed E-state index contributed by atoms with van der Waals surface area (Å²) in [4.78, 5) is 4.25. The van der Waals surface area contributed by atoms with Crippen LogP contribution in [0.15, 0.2) is 29.3 Å². The predicted octanol–water partition coefficient (Wildman–Crippen LogP) is 0.846. The van der Waals surface area contributed by atoms with Gasteiger partial charge in [-0.15, -0.1) is 0 Å². The molecule has 0 unspecified atom stereocenters. The molecule has 3 N–H and O–H groups in total. The van der Waals surface area contributed by atoms with Gasteiger partial charge in [0.25, 0.3) is 0 Å². The number of hydrogen-bond acceptors (Lipinski definition) is 4. The highest BCUT2D eigenvalue weighted by atomic mass is 32.2. The molecule has 0 bridgehead atoms. The maximum absolute atomic E-state index is 11.7. The molecule has 1 aromatic carbocycles. The van der Waals surface area contributed by atoms with Crippen LogP contribution in [0.3, 0.4) is 0 Å². The van der Waals surface area contributed by atoms with Crippen molar-refractivity contribution in [3.63, 3.8) is 0 Å². The van der Waals surface area contributed by atoms with Crippen molar-refractivity contribution in [2.75, 3.05) is 31.8 Å². The van der Waals surface area contributed by atoms with E-state index in [0.717, 1.165) is 24.3 Å². The van der Waals surface area contributed by atoms with Gasteiger partial charge in [-0.1, -0.05) is 0 Å². The Morgan fingerprint density at radius 3 is 2.73 bits per heavy atom. The van der Waals surface area contributed by atoms with Gasteiger partial charge in [-0.3, -0.25) is 4.99 Å². The van der Waals surface area contributed by atoms with Gasteiger partial charge in [-0.05, 0) is 37.1 Å². The molecule has 0 saturated carbocycles. The Morgan fingerprint density at radius 2 is 2.14 bits per heavy atom. The number of rotatable bonds is 5. The minimum Gasteiger partial charge on any atom is -0.497 e. The van der Waals surface area contributed by atoms with E-state index in [4.69, 9.17) is 10.5 Å². The summed E-state index contributed by atoms with van der Waals surface area (Å²) in [5.74, 6) is 1.03. The molecule has 1 saturated heterocycles. The highest BCUT2D eigenvalue weighted by molar-refractivity contribution is 7.88. The summed E-state index contributed by atoms with van der Waals surface area (Å²) in [6.45, 7) is 0.924. The van der Waals surface area contributed by atoms with Gasteiger partial charge >= 0.3 is 0 Å². The molecule has 0 amide bonds. The third kappa shape index (κ3) is 4.35. The Hall–Kier alpha value is -1.80. The first-order valence-electron chi connectivity index (χ1n) is 7.08. The summed E-state index contributed by atoms with van der Waals surface area (Å²) in [5.41, 5.74) is 6.65. The molecule has 2 rings (SSSR count). The normalized spacial score (nSPS) is 20.1. The largest absolute Gasteiger partial charge is 0.497 e. The quantitative estimate of drug-likeness (QED) is 0.617. The number of anilines is 1. The van der Waals surface area contributed by atoms with Crippen LogP contribution < -0.4 is 15.8 Å². The van der Waals surface area contributed by atoms with Crippen molar-refractivity contribution in [3.05, 3.63) is 24.3 Å². The molecule has 22 heavy (non-hydrogen) atoms. The van der Waals surface area contributed by atoms with Crippen molar-refractivity contribution in [2.24, 2.45) is 10.7 Å². The SMILES string of the molecule is COc1ccc(NC(N)=NC[C@H]2CCCN2S(C)(=O)=O)cc1. The van der Waals surface area contributed by atoms with Crippen molar-refractivity contribution in [3.8, 4) is 5.75 Å². The average molecular weight is 326 g/mol. The molecular formula is C14H22N4O3S. The molecule has 0 aliphatic carbocycles. The number of ether oxygens (including phenoxy) is 1. The molecule has 0 spiro atoms. The van der Waals surface area contributed by atoms with E-state index in [2.05, 4.69) is 10.3 Å². The summed E-state index contributed by atoms with van der Waals surface area (Å²) in [7, 11) is -1.57. The van der Waals surface area contributed by atoms with Gasteiger partial charge in [0.1, 0.15) is 5.75 Å². The summed E-state index contributed by atoms with van der Waals surface area (Å²) in [6, 6.07) is 7.20. The van der Waals surface area contributed by atoms with Crippen molar-refractivity contribution >= 4 is 21.7 Å². The molecule has 0 aromatic heterocycles. The van der Waals surface area contributed by atoms with Crippen molar-refractivity contribution in [1.29, 1.82) is 0 Å². The first-order valence-corrected chi connectivity index (χ1v) is 8.93. The molecule has 1 aromatic rings. The molecule has 1 fully saturated rings. The van der Waals surface area contributed by atoms with E-state index >= 15 is 0 Å². The van der Waals surface area contributed by atoms with Crippen LogP contribution >= 0.6 is 0 Å². The van der Waals surface area contributed by atoms with Crippen LogP contribution in [0.5, 0.6) is 5.75 Å². The van der Waals surface area contributed by atoms with E-state index < -0.39 is 10.0 Å². The van der Waals surface area contributed by atoms with Crippen molar-refractivity contribution < 1.29 is 13.2 Å². The maximum Gasteiger partial charge on any atom is 0.211 e. The molecule has 1 heterocycles. The first kappa shape index (κ1) is 16.6. The zero-order valence-corrected chi connectivity index (χ0v) is 13.6. The lowest BCUT2D eigenvalue weighted by molar-refractivity contribution is 0.397. The Morgan fingerprint density at radius 1 is 1.45 bits per heavy atom. The lowest BCUT2D eigenvalue weighted by Gasteiger charge is -2.20. The Balaban J connectivity index is 1.94. The summed E-state index contributed by atoms with van der Waals surface area (Å²) < 4.78 is 29.9. The summed E-state index contributed by atoms with van der Waals surface area (Å²) in [5, 5.41) is 2.97. The number of nitrogens with one attached hydrogen (secondary N) is 1. The van der Waals surface area contributed by atoms with Crippen LogP contribution in [-0.4, -0.2) is 51.2 Å². The molecule has 7 nitrogen and oxygen atoms in total. The van der Waals surface area contributed by atoms with E-state index in [1.807, 2.05) is 24.3 Å². The number of guanidine groups is 1. The molecule has 8 heteroatoms. The van der Waals surface area contributed by atoms with Gasteiger partial charge in [0.15, 0.2) is 5.96 Å². The average Bonchev–Trinajstić information content (AvgIpc) is 2.94. The standard InChI is InChI=1S/C14H22N4O3S/c1-21-13-7-5-11(6-8-13)17-14(15)16-10-12-4-3-9-18(12)22(2,19)20/h5-8,12H,3-4,9-10H2,1-2H3,(H3,15,16,17)/t12-/m1/s1. The van der Waals surface area contributed by atoms with Crippen LogP contribution in [0.1, 0.15) is 12.8 Å². The fourth-order valence-electron chi connectivity index (χ4n) is 2.49. The first-order chi connectivity index (χ1) is 10.4. The van der Waals surface area contributed by atoms with Crippen molar-refractivity contribution in [2.45, 2.75) is 18.9 Å². The van der Waals surface area contributed by atoms with Crippen LogP contribution in [-0.2, 0) is 10.0 Å². The topological polar surface area (TPSA) is 97.0 Å². The summed E-state index contributed by atoms with van der Waals surface area (Å²) >= 11 is 0. The third-order valence-corrected chi connectivity index (χ3v) is 4.92. The number of sulfonamides is 1. The van der Waals surface area contributed by atoms with Crippen LogP contribution in [0.2, 0.25) is 0 Å². The highest BCUT2D eigenvalue weighted by Crippen LogP contribution is 2.20. The highest BCUT2D eigenvalue weighted by Gasteiger charge is 2.30.